The van der Waals surface area contributed by atoms with Crippen LogP contribution in [0.25, 0.3) is 0 Å². The second-order valence-corrected chi connectivity index (χ2v) is 5.97. The van der Waals surface area contributed by atoms with Gasteiger partial charge in [0.15, 0.2) is 0 Å². The number of fused-ring (bicyclic) bond motifs is 1. The van der Waals surface area contributed by atoms with Gasteiger partial charge in [0, 0.05) is 18.8 Å². The summed E-state index contributed by atoms with van der Waals surface area (Å²) in [4.78, 5) is 29.5. The molecule has 6 nitrogen and oxygen atoms in total. The minimum Gasteiger partial charge on any atom is -0.481 e. The fourth-order valence-electron chi connectivity index (χ4n) is 3.29. The maximum Gasteiger partial charge on any atom is 0.306 e. The third-order valence-corrected chi connectivity index (χ3v) is 4.61. The molecule has 114 valence electrons. The minimum atomic E-state index is -0.745. The molecule has 2 heterocycles. The summed E-state index contributed by atoms with van der Waals surface area (Å²) in [5.41, 5.74) is 2.34. The zero-order valence-corrected chi connectivity index (χ0v) is 12.1. The van der Waals surface area contributed by atoms with Crippen molar-refractivity contribution in [2.45, 2.75) is 45.1 Å². The minimum absolute atomic E-state index is 0.0737. The molecule has 0 spiro atoms. The van der Waals surface area contributed by atoms with Gasteiger partial charge in [0.2, 0.25) is 5.91 Å². The lowest BCUT2D eigenvalue weighted by molar-refractivity contribution is -0.145. The smallest absolute Gasteiger partial charge is 0.306 e. The van der Waals surface area contributed by atoms with E-state index >= 15 is 0 Å². The number of imidazole rings is 1. The highest BCUT2D eigenvalue weighted by Crippen LogP contribution is 2.21. The van der Waals surface area contributed by atoms with Crippen molar-refractivity contribution in [3.63, 3.8) is 0 Å². The fourth-order valence-corrected chi connectivity index (χ4v) is 3.29. The number of carboxylic acids is 1. The highest BCUT2D eigenvalue weighted by molar-refractivity contribution is 5.77. The second-order valence-electron chi connectivity index (χ2n) is 5.97. The molecule has 1 aromatic rings. The standard InChI is InChI=1S/C15H21N3O3/c19-14(17-7-5-11(6-8-17)15(20)21)9-18-10-16-12-3-1-2-4-13(12)18/h10-11H,1-9H2,(H,20,21). The highest BCUT2D eigenvalue weighted by Gasteiger charge is 2.27. The van der Waals surface area contributed by atoms with Gasteiger partial charge < -0.3 is 14.6 Å². The Balaban J connectivity index is 1.60. The van der Waals surface area contributed by atoms with Crippen LogP contribution in [0.2, 0.25) is 0 Å². The molecular weight excluding hydrogens is 270 g/mol. The summed E-state index contributed by atoms with van der Waals surface area (Å²) in [6.45, 7) is 1.43. The van der Waals surface area contributed by atoms with Gasteiger partial charge in [-0.1, -0.05) is 0 Å². The van der Waals surface area contributed by atoms with Crippen molar-refractivity contribution in [1.29, 1.82) is 0 Å². The Morgan fingerprint density at radius 2 is 1.95 bits per heavy atom. The number of aryl methyl sites for hydroxylation is 1. The first-order valence-corrected chi connectivity index (χ1v) is 7.68. The zero-order chi connectivity index (χ0) is 14.8. The van der Waals surface area contributed by atoms with Gasteiger partial charge in [0.05, 0.1) is 17.9 Å². The van der Waals surface area contributed by atoms with Gasteiger partial charge in [0.25, 0.3) is 0 Å². The summed E-state index contributed by atoms with van der Waals surface area (Å²) in [7, 11) is 0. The number of carbonyl (C=O) groups is 2. The van der Waals surface area contributed by atoms with E-state index in [9.17, 15) is 9.59 Å². The van der Waals surface area contributed by atoms with Gasteiger partial charge in [-0.25, -0.2) is 4.98 Å². The maximum atomic E-state index is 12.4. The predicted molar refractivity (Wildman–Crippen MR) is 75.8 cm³/mol. The molecule has 0 saturated carbocycles. The topological polar surface area (TPSA) is 75.4 Å². The molecule has 0 unspecified atom stereocenters. The van der Waals surface area contributed by atoms with Gasteiger partial charge in [-0.05, 0) is 38.5 Å². The Bertz CT molecular complexity index is 544. The largest absolute Gasteiger partial charge is 0.481 e. The molecule has 3 rings (SSSR count). The molecule has 0 atom stereocenters. The number of hydrogen-bond acceptors (Lipinski definition) is 3. The molecule has 1 N–H and O–H groups in total. The van der Waals surface area contributed by atoms with Crippen LogP contribution < -0.4 is 0 Å². The first-order chi connectivity index (χ1) is 10.1. The first kappa shape index (κ1) is 14.1. The zero-order valence-electron chi connectivity index (χ0n) is 12.1. The van der Waals surface area contributed by atoms with Crippen molar-refractivity contribution < 1.29 is 14.7 Å². The average molecular weight is 291 g/mol. The first-order valence-electron chi connectivity index (χ1n) is 7.68. The molecule has 1 aliphatic carbocycles. The molecule has 21 heavy (non-hydrogen) atoms. The highest BCUT2D eigenvalue weighted by atomic mass is 16.4. The van der Waals surface area contributed by atoms with Crippen LogP contribution in [0.5, 0.6) is 0 Å². The second kappa shape index (κ2) is 5.87. The van der Waals surface area contributed by atoms with Crippen molar-refractivity contribution in [1.82, 2.24) is 14.5 Å². The summed E-state index contributed by atoms with van der Waals surface area (Å²) >= 11 is 0. The maximum absolute atomic E-state index is 12.4. The Labute approximate surface area is 123 Å². The van der Waals surface area contributed by atoms with Crippen LogP contribution in [0.15, 0.2) is 6.33 Å². The van der Waals surface area contributed by atoms with Crippen molar-refractivity contribution in [2.24, 2.45) is 5.92 Å². The van der Waals surface area contributed by atoms with Crippen LogP contribution >= 0.6 is 0 Å². The number of hydrogen-bond donors (Lipinski definition) is 1. The lowest BCUT2D eigenvalue weighted by Gasteiger charge is -2.30. The van der Waals surface area contributed by atoms with E-state index in [0.717, 1.165) is 25.0 Å². The Kier molecular flexibility index (Phi) is 3.94. The molecule has 0 bridgehead atoms. The Morgan fingerprint density at radius 1 is 1.24 bits per heavy atom. The van der Waals surface area contributed by atoms with Crippen LogP contribution in [-0.2, 0) is 29.0 Å². The molecule has 1 saturated heterocycles. The number of aliphatic carboxylic acids is 1. The summed E-state index contributed by atoms with van der Waals surface area (Å²) in [5, 5.41) is 8.99. The number of amides is 1. The average Bonchev–Trinajstić information content (AvgIpc) is 2.91. The van der Waals surface area contributed by atoms with Crippen molar-refractivity contribution >= 4 is 11.9 Å². The van der Waals surface area contributed by atoms with Gasteiger partial charge in [-0.15, -0.1) is 0 Å². The number of aromatic nitrogens is 2. The number of carboxylic acid groups (broad SMARTS) is 1. The summed E-state index contributed by atoms with van der Waals surface area (Å²) in [5.74, 6) is -0.967. The van der Waals surface area contributed by atoms with E-state index in [1.165, 1.54) is 12.1 Å². The fraction of sp³-hybridized carbons (Fsp3) is 0.667. The van der Waals surface area contributed by atoms with Crippen molar-refractivity contribution in [2.75, 3.05) is 13.1 Å². The van der Waals surface area contributed by atoms with Gasteiger partial charge >= 0.3 is 5.97 Å². The van der Waals surface area contributed by atoms with E-state index < -0.39 is 5.97 Å². The van der Waals surface area contributed by atoms with E-state index in [1.807, 2.05) is 4.57 Å². The third kappa shape index (κ3) is 2.94. The monoisotopic (exact) mass is 291 g/mol. The molecule has 6 heteroatoms. The van der Waals surface area contributed by atoms with Gasteiger partial charge in [-0.2, -0.15) is 0 Å². The molecule has 0 radical (unpaired) electrons. The number of carbonyl (C=O) groups excluding carboxylic acids is 1. The molecule has 1 fully saturated rings. The van der Waals surface area contributed by atoms with Crippen LogP contribution in [0.3, 0.4) is 0 Å². The number of likely N-dealkylation sites (tertiary alicyclic amines) is 1. The molecule has 1 amide bonds. The number of nitrogens with zero attached hydrogens (tertiary/aromatic N) is 3. The summed E-state index contributed by atoms with van der Waals surface area (Å²) in [6, 6.07) is 0. The Morgan fingerprint density at radius 3 is 2.67 bits per heavy atom. The lowest BCUT2D eigenvalue weighted by Crippen LogP contribution is -2.41. The number of piperidine rings is 1. The third-order valence-electron chi connectivity index (χ3n) is 4.61. The van der Waals surface area contributed by atoms with Gasteiger partial charge in [-0.3, -0.25) is 9.59 Å². The molecule has 0 aromatic carbocycles. The summed E-state index contributed by atoms with van der Waals surface area (Å²) in [6.07, 6.45) is 7.26. The van der Waals surface area contributed by atoms with Crippen LogP contribution in [0.1, 0.15) is 37.1 Å². The molecular formula is C15H21N3O3. The van der Waals surface area contributed by atoms with E-state index in [4.69, 9.17) is 5.11 Å². The molecule has 1 aliphatic heterocycles. The van der Waals surface area contributed by atoms with Crippen molar-refractivity contribution in [3.8, 4) is 0 Å². The normalized spacial score (nSPS) is 19.3. The number of rotatable bonds is 3. The summed E-state index contributed by atoms with van der Waals surface area (Å²) < 4.78 is 1.97. The Hall–Kier alpha value is -1.85. The predicted octanol–water partition coefficient (Wildman–Crippen LogP) is 1.09. The van der Waals surface area contributed by atoms with E-state index in [2.05, 4.69) is 4.98 Å². The van der Waals surface area contributed by atoms with Crippen LogP contribution in [0, 0.1) is 5.92 Å². The van der Waals surface area contributed by atoms with Crippen LogP contribution in [0.4, 0.5) is 0 Å². The van der Waals surface area contributed by atoms with Gasteiger partial charge in [0.1, 0.15) is 6.54 Å². The lowest BCUT2D eigenvalue weighted by atomic mass is 9.97. The molecule has 2 aliphatic rings. The van der Waals surface area contributed by atoms with Crippen LogP contribution in [-0.4, -0.2) is 44.5 Å². The SMILES string of the molecule is O=C(O)C1CCN(C(=O)Cn2cnc3c2CCCC3)CC1. The van der Waals surface area contributed by atoms with E-state index in [0.29, 0.717) is 32.5 Å². The van der Waals surface area contributed by atoms with Crippen molar-refractivity contribution in [3.05, 3.63) is 17.7 Å². The quantitative estimate of drug-likeness (QED) is 0.904. The molecule has 1 aromatic heterocycles. The van der Waals surface area contributed by atoms with E-state index in [1.54, 1.807) is 11.2 Å². The van der Waals surface area contributed by atoms with E-state index in [-0.39, 0.29) is 11.8 Å².